The number of nitrogens with zero attached hydrogens (tertiary/aromatic N) is 2. The second kappa shape index (κ2) is 5.19. The third kappa shape index (κ3) is 2.72. The smallest absolute Gasteiger partial charge is 0.192 e. The molecule has 2 heterocycles. The molecule has 1 aromatic heterocycles. The molecule has 1 aliphatic heterocycles. The van der Waals surface area contributed by atoms with Gasteiger partial charge in [-0.05, 0) is 19.2 Å². The van der Waals surface area contributed by atoms with Crippen LogP contribution >= 0.6 is 0 Å². The van der Waals surface area contributed by atoms with Crippen molar-refractivity contribution in [3.05, 3.63) is 24.1 Å². The lowest BCUT2D eigenvalue weighted by Gasteiger charge is -2.33. The van der Waals surface area contributed by atoms with Gasteiger partial charge in [0.1, 0.15) is 5.52 Å². The van der Waals surface area contributed by atoms with E-state index in [0.29, 0.717) is 11.9 Å². The van der Waals surface area contributed by atoms with Crippen molar-refractivity contribution in [2.45, 2.75) is 13.0 Å². The van der Waals surface area contributed by atoms with Crippen LogP contribution in [0.3, 0.4) is 0 Å². The third-order valence-corrected chi connectivity index (χ3v) is 3.68. The molecule has 0 radical (unpaired) electrons. The fourth-order valence-corrected chi connectivity index (χ4v) is 2.48. The maximum absolute atomic E-state index is 5.55. The first kappa shape index (κ1) is 12.4. The Balaban J connectivity index is 1.67. The second-order valence-corrected chi connectivity index (χ2v) is 5.13. The van der Waals surface area contributed by atoms with Crippen molar-refractivity contribution < 1.29 is 4.42 Å². The highest BCUT2D eigenvalue weighted by molar-refractivity contribution is 5.77. The van der Waals surface area contributed by atoms with Gasteiger partial charge in [0.15, 0.2) is 11.5 Å². The van der Waals surface area contributed by atoms with Gasteiger partial charge in [0.25, 0.3) is 0 Å². The van der Waals surface area contributed by atoms with Crippen molar-refractivity contribution in [3.63, 3.8) is 0 Å². The zero-order valence-electron chi connectivity index (χ0n) is 11.4. The van der Waals surface area contributed by atoms with Crippen LogP contribution in [0.1, 0.15) is 5.89 Å². The van der Waals surface area contributed by atoms with E-state index in [2.05, 4.69) is 33.6 Å². The maximum Gasteiger partial charge on any atom is 0.192 e. The lowest BCUT2D eigenvalue weighted by atomic mass is 10.2. The molecular weight excluding hydrogens is 240 g/mol. The quantitative estimate of drug-likeness (QED) is 0.875. The van der Waals surface area contributed by atoms with Crippen LogP contribution < -0.4 is 10.6 Å². The summed E-state index contributed by atoms with van der Waals surface area (Å²) in [6.45, 7) is 6.02. The lowest BCUT2D eigenvalue weighted by molar-refractivity contribution is 0.209. The van der Waals surface area contributed by atoms with Crippen LogP contribution in [0.25, 0.3) is 11.1 Å². The molecule has 0 aliphatic carbocycles. The van der Waals surface area contributed by atoms with Gasteiger partial charge in [-0.25, -0.2) is 4.98 Å². The zero-order chi connectivity index (χ0) is 13.2. The van der Waals surface area contributed by atoms with Crippen molar-refractivity contribution in [3.8, 4) is 0 Å². The number of aryl methyl sites for hydroxylation is 1. The Hall–Kier alpha value is -1.59. The summed E-state index contributed by atoms with van der Waals surface area (Å²) < 4.78 is 5.55. The average Bonchev–Trinajstić information content (AvgIpc) is 2.77. The Bertz CT molecular complexity index is 566. The van der Waals surface area contributed by atoms with E-state index in [-0.39, 0.29) is 0 Å². The Morgan fingerprint density at radius 1 is 1.53 bits per heavy atom. The monoisotopic (exact) mass is 260 g/mol. The molecule has 2 aromatic rings. The number of hydrogen-bond donors (Lipinski definition) is 2. The summed E-state index contributed by atoms with van der Waals surface area (Å²) >= 11 is 0. The molecule has 1 aromatic carbocycles. The Morgan fingerprint density at radius 3 is 3.26 bits per heavy atom. The number of oxazole rings is 1. The molecule has 1 fully saturated rings. The van der Waals surface area contributed by atoms with Crippen LogP contribution in [0.5, 0.6) is 0 Å². The fraction of sp³-hybridized carbons (Fsp3) is 0.500. The second-order valence-electron chi connectivity index (χ2n) is 5.13. The number of nitrogens with one attached hydrogen (secondary N) is 2. The summed E-state index contributed by atoms with van der Waals surface area (Å²) in [5.74, 6) is 0.711. The van der Waals surface area contributed by atoms with Crippen molar-refractivity contribution >= 4 is 16.8 Å². The summed E-state index contributed by atoms with van der Waals surface area (Å²) in [4.78, 5) is 6.69. The van der Waals surface area contributed by atoms with E-state index >= 15 is 0 Å². The molecule has 0 spiro atoms. The normalized spacial score (nSPS) is 20.8. The predicted octanol–water partition coefficient (Wildman–Crippen LogP) is 1.45. The number of benzene rings is 1. The van der Waals surface area contributed by atoms with Crippen LogP contribution in [-0.4, -0.2) is 49.2 Å². The first-order valence-electron chi connectivity index (χ1n) is 6.74. The zero-order valence-corrected chi connectivity index (χ0v) is 11.4. The lowest BCUT2D eigenvalue weighted by Crippen LogP contribution is -2.52. The van der Waals surface area contributed by atoms with Crippen molar-refractivity contribution in [2.24, 2.45) is 0 Å². The molecule has 0 bridgehead atoms. The number of piperazine rings is 1. The minimum Gasteiger partial charge on any atom is -0.441 e. The molecule has 1 aliphatic rings. The fourth-order valence-electron chi connectivity index (χ4n) is 2.48. The van der Waals surface area contributed by atoms with E-state index in [1.165, 1.54) is 0 Å². The average molecular weight is 260 g/mol. The standard InChI is InChI=1S/C14H20N4O/c1-10-17-13-4-3-11(7-14(13)19-10)16-9-12-8-15-5-6-18(12)2/h3-4,7,12,15-16H,5-6,8-9H2,1-2H3. The molecule has 3 rings (SSSR count). The SMILES string of the molecule is Cc1nc2ccc(NCC3CNCCN3C)cc2o1. The number of fused-ring (bicyclic) bond motifs is 1. The number of hydrogen-bond acceptors (Lipinski definition) is 5. The molecule has 102 valence electrons. The maximum atomic E-state index is 5.55. The highest BCUT2D eigenvalue weighted by Crippen LogP contribution is 2.19. The van der Waals surface area contributed by atoms with E-state index in [4.69, 9.17) is 4.42 Å². The minimum absolute atomic E-state index is 0.529. The number of likely N-dealkylation sites (N-methyl/N-ethyl adjacent to an activating group) is 1. The highest BCUT2D eigenvalue weighted by Gasteiger charge is 2.17. The molecule has 1 atom stereocenters. The van der Waals surface area contributed by atoms with E-state index < -0.39 is 0 Å². The van der Waals surface area contributed by atoms with Crippen molar-refractivity contribution in [1.29, 1.82) is 0 Å². The molecule has 19 heavy (non-hydrogen) atoms. The van der Waals surface area contributed by atoms with Crippen molar-refractivity contribution in [1.82, 2.24) is 15.2 Å². The van der Waals surface area contributed by atoms with Crippen molar-refractivity contribution in [2.75, 3.05) is 38.5 Å². The van der Waals surface area contributed by atoms with Gasteiger partial charge in [-0.1, -0.05) is 0 Å². The van der Waals surface area contributed by atoms with E-state index in [1.807, 2.05) is 19.1 Å². The van der Waals surface area contributed by atoms with Gasteiger partial charge in [0, 0.05) is 50.9 Å². The van der Waals surface area contributed by atoms with Gasteiger partial charge in [0.05, 0.1) is 0 Å². The van der Waals surface area contributed by atoms with Crippen LogP contribution in [0, 0.1) is 6.92 Å². The molecule has 1 unspecified atom stereocenters. The first-order valence-corrected chi connectivity index (χ1v) is 6.74. The summed E-state index contributed by atoms with van der Waals surface area (Å²) in [6.07, 6.45) is 0. The molecule has 1 saturated heterocycles. The third-order valence-electron chi connectivity index (χ3n) is 3.68. The highest BCUT2D eigenvalue weighted by atomic mass is 16.3. The van der Waals surface area contributed by atoms with Crippen LogP contribution in [0.4, 0.5) is 5.69 Å². The molecule has 5 nitrogen and oxygen atoms in total. The van der Waals surface area contributed by atoms with Gasteiger partial charge < -0.3 is 15.1 Å². The number of anilines is 1. The van der Waals surface area contributed by atoms with Gasteiger partial charge in [-0.15, -0.1) is 0 Å². The largest absolute Gasteiger partial charge is 0.441 e. The van der Waals surface area contributed by atoms with Crippen LogP contribution in [-0.2, 0) is 0 Å². The number of aromatic nitrogens is 1. The van der Waals surface area contributed by atoms with E-state index in [9.17, 15) is 0 Å². The van der Waals surface area contributed by atoms with Gasteiger partial charge in [-0.2, -0.15) is 0 Å². The van der Waals surface area contributed by atoms with E-state index in [0.717, 1.165) is 43.0 Å². The summed E-state index contributed by atoms with van der Waals surface area (Å²) in [5.41, 5.74) is 2.85. The summed E-state index contributed by atoms with van der Waals surface area (Å²) in [7, 11) is 2.18. The number of rotatable bonds is 3. The van der Waals surface area contributed by atoms with Crippen LogP contribution in [0.15, 0.2) is 22.6 Å². The van der Waals surface area contributed by atoms with Gasteiger partial charge >= 0.3 is 0 Å². The Kier molecular flexibility index (Phi) is 3.40. The van der Waals surface area contributed by atoms with Gasteiger partial charge in [0.2, 0.25) is 0 Å². The predicted molar refractivity (Wildman–Crippen MR) is 76.5 cm³/mol. The Labute approximate surface area is 113 Å². The van der Waals surface area contributed by atoms with Gasteiger partial charge in [-0.3, -0.25) is 4.90 Å². The first-order chi connectivity index (χ1) is 9.22. The molecule has 0 amide bonds. The topological polar surface area (TPSA) is 53.3 Å². The molecule has 2 N–H and O–H groups in total. The summed E-state index contributed by atoms with van der Waals surface area (Å²) in [6, 6.07) is 6.60. The van der Waals surface area contributed by atoms with E-state index in [1.54, 1.807) is 0 Å². The molecule has 0 saturated carbocycles. The minimum atomic E-state index is 0.529. The molecular formula is C14H20N4O. The summed E-state index contributed by atoms with van der Waals surface area (Å²) in [5, 5.41) is 6.90. The Morgan fingerprint density at radius 2 is 2.42 bits per heavy atom. The molecule has 5 heteroatoms. The van der Waals surface area contributed by atoms with Crippen LogP contribution in [0.2, 0.25) is 0 Å².